The van der Waals surface area contributed by atoms with Crippen molar-refractivity contribution in [3.05, 3.63) is 57.7 Å². The van der Waals surface area contributed by atoms with Crippen LogP contribution in [-0.2, 0) is 0 Å². The Morgan fingerprint density at radius 2 is 1.80 bits per heavy atom. The first-order valence-electron chi connectivity index (χ1n) is 6.30. The molecule has 3 nitrogen and oxygen atoms in total. The number of rotatable bonds is 6. The number of nitrogens with zero attached hydrogens (tertiary/aromatic N) is 1. The van der Waals surface area contributed by atoms with E-state index in [0.717, 1.165) is 21.5 Å². The van der Waals surface area contributed by atoms with Gasteiger partial charge in [0, 0.05) is 6.42 Å². The fraction of sp³-hybridized carbons (Fsp3) is 0.188. The van der Waals surface area contributed by atoms with Crippen molar-refractivity contribution in [2.24, 2.45) is 0 Å². The Balaban J connectivity index is 1.72. The van der Waals surface area contributed by atoms with Crippen LogP contribution in [0.25, 0.3) is 0 Å². The Bertz CT molecular complexity index is 607. The Morgan fingerprint density at radius 3 is 2.60 bits per heavy atom. The lowest BCUT2D eigenvalue weighted by Crippen LogP contribution is -2.05. The van der Waals surface area contributed by atoms with E-state index >= 15 is 0 Å². The maximum Gasteiger partial charge on any atom is 0.132 e. The molecule has 0 N–H and O–H groups in total. The third-order valence-electron chi connectivity index (χ3n) is 2.61. The van der Waals surface area contributed by atoms with Crippen molar-refractivity contribution in [3.8, 4) is 17.6 Å². The molecule has 2 aromatic rings. The van der Waals surface area contributed by atoms with Crippen molar-refractivity contribution in [3.63, 3.8) is 0 Å². The summed E-state index contributed by atoms with van der Waals surface area (Å²) < 4.78 is 12.4. The molecule has 102 valence electrons. The lowest BCUT2D eigenvalue weighted by Gasteiger charge is -2.09. The lowest BCUT2D eigenvalue weighted by molar-refractivity contribution is 0.246. The van der Waals surface area contributed by atoms with Gasteiger partial charge in [-0.3, -0.25) is 0 Å². The van der Waals surface area contributed by atoms with E-state index in [4.69, 9.17) is 14.7 Å². The zero-order chi connectivity index (χ0) is 14.2. The van der Waals surface area contributed by atoms with Crippen LogP contribution in [0.1, 0.15) is 12.0 Å². The molecule has 0 aliphatic carbocycles. The van der Waals surface area contributed by atoms with E-state index in [2.05, 4.69) is 28.7 Å². The summed E-state index contributed by atoms with van der Waals surface area (Å²) in [5.74, 6) is 1.62. The first-order chi connectivity index (χ1) is 9.79. The van der Waals surface area contributed by atoms with Crippen molar-refractivity contribution < 1.29 is 9.47 Å². The summed E-state index contributed by atoms with van der Waals surface area (Å²) in [5.41, 5.74) is 0.609. The molecular formula is C16H14INO2. The first kappa shape index (κ1) is 14.7. The van der Waals surface area contributed by atoms with Gasteiger partial charge in [0.05, 0.1) is 28.4 Å². The van der Waals surface area contributed by atoms with Gasteiger partial charge in [0.2, 0.25) is 0 Å². The summed E-state index contributed by atoms with van der Waals surface area (Å²) in [6.07, 6.45) is 0.793. The Hall–Kier alpha value is -1.74. The van der Waals surface area contributed by atoms with Crippen LogP contribution in [-0.4, -0.2) is 13.2 Å². The molecule has 0 aliphatic rings. The Labute approximate surface area is 132 Å². The fourth-order valence-corrected chi connectivity index (χ4v) is 2.19. The molecule has 0 unspecified atom stereocenters. The topological polar surface area (TPSA) is 42.2 Å². The molecule has 0 heterocycles. The molecule has 20 heavy (non-hydrogen) atoms. The standard InChI is InChI=1S/C16H14INO2/c17-15-7-1-2-8-16(15)20-10-4-9-19-14-6-3-5-13(11-14)12-18/h1-3,5-8,11H,4,9-10H2. The van der Waals surface area contributed by atoms with Gasteiger partial charge in [0.1, 0.15) is 11.5 Å². The summed E-state index contributed by atoms with van der Waals surface area (Å²) >= 11 is 2.25. The second kappa shape index (κ2) is 7.75. The Kier molecular flexibility index (Phi) is 5.69. The van der Waals surface area contributed by atoms with Crippen molar-refractivity contribution in [2.75, 3.05) is 13.2 Å². The van der Waals surface area contributed by atoms with Gasteiger partial charge in [0.25, 0.3) is 0 Å². The van der Waals surface area contributed by atoms with Crippen LogP contribution >= 0.6 is 22.6 Å². The number of hydrogen-bond acceptors (Lipinski definition) is 3. The summed E-state index contributed by atoms with van der Waals surface area (Å²) in [4.78, 5) is 0. The van der Waals surface area contributed by atoms with Gasteiger partial charge in [-0.1, -0.05) is 18.2 Å². The van der Waals surface area contributed by atoms with Crippen LogP contribution in [0.15, 0.2) is 48.5 Å². The third kappa shape index (κ3) is 4.42. The van der Waals surface area contributed by atoms with E-state index in [1.165, 1.54) is 0 Å². The molecule has 2 aromatic carbocycles. The minimum atomic E-state index is 0.568. The van der Waals surface area contributed by atoms with E-state index in [-0.39, 0.29) is 0 Å². The maximum atomic E-state index is 8.80. The molecule has 0 bridgehead atoms. The monoisotopic (exact) mass is 379 g/mol. The quantitative estimate of drug-likeness (QED) is 0.563. The van der Waals surface area contributed by atoms with Crippen LogP contribution < -0.4 is 9.47 Å². The summed E-state index contributed by atoms with van der Waals surface area (Å²) in [6.45, 7) is 1.18. The molecule has 0 radical (unpaired) electrons. The molecule has 2 rings (SSSR count). The molecule has 0 saturated heterocycles. The van der Waals surface area contributed by atoms with E-state index in [0.29, 0.717) is 18.8 Å². The SMILES string of the molecule is N#Cc1cccc(OCCCOc2ccccc2I)c1. The number of para-hydroxylation sites is 1. The molecule has 0 saturated carbocycles. The lowest BCUT2D eigenvalue weighted by atomic mass is 10.2. The minimum Gasteiger partial charge on any atom is -0.493 e. The largest absolute Gasteiger partial charge is 0.493 e. The maximum absolute atomic E-state index is 8.80. The molecule has 0 fully saturated rings. The average Bonchev–Trinajstić information content (AvgIpc) is 2.49. The van der Waals surface area contributed by atoms with E-state index < -0.39 is 0 Å². The van der Waals surface area contributed by atoms with Gasteiger partial charge in [-0.25, -0.2) is 0 Å². The Morgan fingerprint density at radius 1 is 1.00 bits per heavy atom. The highest BCUT2D eigenvalue weighted by atomic mass is 127. The zero-order valence-corrected chi connectivity index (χ0v) is 13.0. The molecule has 0 amide bonds. The van der Waals surface area contributed by atoms with Crippen LogP contribution in [0.2, 0.25) is 0 Å². The number of ether oxygens (including phenoxy) is 2. The van der Waals surface area contributed by atoms with E-state index in [1.54, 1.807) is 12.1 Å². The minimum absolute atomic E-state index is 0.568. The summed E-state index contributed by atoms with van der Waals surface area (Å²) in [6, 6.07) is 17.2. The highest BCUT2D eigenvalue weighted by Crippen LogP contribution is 2.19. The highest BCUT2D eigenvalue weighted by molar-refractivity contribution is 14.1. The van der Waals surface area contributed by atoms with E-state index in [9.17, 15) is 0 Å². The van der Waals surface area contributed by atoms with E-state index in [1.807, 2.05) is 36.4 Å². The van der Waals surface area contributed by atoms with Crippen molar-refractivity contribution in [1.82, 2.24) is 0 Å². The predicted octanol–water partition coefficient (Wildman–Crippen LogP) is 4.01. The number of hydrogen-bond donors (Lipinski definition) is 0. The number of benzene rings is 2. The van der Waals surface area contributed by atoms with Crippen molar-refractivity contribution in [1.29, 1.82) is 5.26 Å². The molecule has 0 aliphatic heterocycles. The molecule has 4 heteroatoms. The molecule has 0 atom stereocenters. The van der Waals surface area contributed by atoms with Crippen molar-refractivity contribution >= 4 is 22.6 Å². The van der Waals surface area contributed by atoms with Gasteiger partial charge in [-0.05, 0) is 52.9 Å². The predicted molar refractivity (Wildman–Crippen MR) is 85.9 cm³/mol. The molecule has 0 aromatic heterocycles. The average molecular weight is 379 g/mol. The highest BCUT2D eigenvalue weighted by Gasteiger charge is 1.99. The van der Waals surface area contributed by atoms with Crippen LogP contribution in [0, 0.1) is 14.9 Å². The van der Waals surface area contributed by atoms with Crippen LogP contribution in [0.3, 0.4) is 0 Å². The van der Waals surface area contributed by atoms with Gasteiger partial charge in [0.15, 0.2) is 0 Å². The number of nitriles is 1. The normalized spacial score (nSPS) is 9.80. The fourth-order valence-electron chi connectivity index (χ4n) is 1.65. The first-order valence-corrected chi connectivity index (χ1v) is 7.38. The smallest absolute Gasteiger partial charge is 0.132 e. The number of halogens is 1. The molecule has 0 spiro atoms. The van der Waals surface area contributed by atoms with Gasteiger partial charge < -0.3 is 9.47 Å². The zero-order valence-electron chi connectivity index (χ0n) is 10.9. The van der Waals surface area contributed by atoms with Crippen molar-refractivity contribution in [2.45, 2.75) is 6.42 Å². The van der Waals surface area contributed by atoms with Crippen LogP contribution in [0.5, 0.6) is 11.5 Å². The second-order valence-electron chi connectivity index (χ2n) is 4.12. The molecular weight excluding hydrogens is 365 g/mol. The van der Waals surface area contributed by atoms with Gasteiger partial charge in [-0.15, -0.1) is 0 Å². The van der Waals surface area contributed by atoms with Crippen LogP contribution in [0.4, 0.5) is 0 Å². The van der Waals surface area contributed by atoms with Gasteiger partial charge in [-0.2, -0.15) is 5.26 Å². The summed E-state index contributed by atoms with van der Waals surface area (Å²) in [7, 11) is 0. The second-order valence-corrected chi connectivity index (χ2v) is 5.28. The van der Waals surface area contributed by atoms with Gasteiger partial charge >= 0.3 is 0 Å². The summed E-state index contributed by atoms with van der Waals surface area (Å²) in [5, 5.41) is 8.80. The third-order valence-corrected chi connectivity index (χ3v) is 3.51.